The summed E-state index contributed by atoms with van der Waals surface area (Å²) in [5.74, 6) is -0.792. The molecular weight excluding hydrogens is 298 g/mol. The number of hydrogen-bond donors (Lipinski definition) is 1. The van der Waals surface area contributed by atoms with Crippen molar-refractivity contribution in [3.8, 4) is 0 Å². The summed E-state index contributed by atoms with van der Waals surface area (Å²) in [4.78, 5) is 12.6. The molecule has 0 spiro atoms. The van der Waals surface area contributed by atoms with Gasteiger partial charge in [0, 0.05) is 6.54 Å². The third-order valence-electron chi connectivity index (χ3n) is 4.21. The van der Waals surface area contributed by atoms with E-state index in [-0.39, 0.29) is 6.54 Å². The van der Waals surface area contributed by atoms with Crippen molar-refractivity contribution in [2.45, 2.75) is 6.42 Å². The van der Waals surface area contributed by atoms with Crippen LogP contribution in [0.2, 0.25) is 0 Å². The lowest BCUT2D eigenvalue weighted by atomic mass is 9.93. The van der Waals surface area contributed by atoms with Gasteiger partial charge in [0.1, 0.15) is 0 Å². The molecule has 0 aliphatic heterocycles. The molecule has 2 aromatic rings. The summed E-state index contributed by atoms with van der Waals surface area (Å²) < 4.78 is 0. The van der Waals surface area contributed by atoms with Crippen LogP contribution in [0, 0.1) is 0 Å². The van der Waals surface area contributed by atoms with Crippen molar-refractivity contribution in [3.63, 3.8) is 0 Å². The standard InChI is InChI=1S/C21H21NO2/c1-22(15-21(23)24)14-6-11-20-18-9-4-2-7-16(18)12-13-17-8-3-5-10-19(17)20/h2-5,7-13H,6,14-15H2,1H3,(H,23,24). The third kappa shape index (κ3) is 3.63. The fourth-order valence-electron chi connectivity index (χ4n) is 3.06. The zero-order valence-electron chi connectivity index (χ0n) is 13.8. The second kappa shape index (κ2) is 7.28. The number of benzene rings is 2. The molecule has 0 bridgehead atoms. The van der Waals surface area contributed by atoms with Crippen LogP contribution in [0.25, 0.3) is 17.7 Å². The highest BCUT2D eigenvalue weighted by Crippen LogP contribution is 2.33. The second-order valence-electron chi connectivity index (χ2n) is 6.05. The van der Waals surface area contributed by atoms with Gasteiger partial charge in [-0.15, -0.1) is 0 Å². The number of fused-ring (bicyclic) bond motifs is 2. The maximum atomic E-state index is 10.8. The Morgan fingerprint density at radius 3 is 2.08 bits per heavy atom. The first kappa shape index (κ1) is 16.2. The van der Waals surface area contributed by atoms with Crippen LogP contribution in [0.1, 0.15) is 28.7 Å². The molecule has 0 radical (unpaired) electrons. The molecule has 0 amide bonds. The molecule has 3 rings (SSSR count). The van der Waals surface area contributed by atoms with E-state index < -0.39 is 5.97 Å². The van der Waals surface area contributed by atoms with Gasteiger partial charge in [-0.3, -0.25) is 9.69 Å². The van der Waals surface area contributed by atoms with Gasteiger partial charge in [0.05, 0.1) is 6.54 Å². The molecule has 0 heterocycles. The molecule has 2 aromatic carbocycles. The van der Waals surface area contributed by atoms with E-state index in [0.717, 1.165) is 6.42 Å². The molecule has 0 saturated carbocycles. The number of likely N-dealkylation sites (N-methyl/N-ethyl adjacent to an activating group) is 1. The van der Waals surface area contributed by atoms with E-state index in [2.05, 4.69) is 66.8 Å². The summed E-state index contributed by atoms with van der Waals surface area (Å²) in [5.41, 5.74) is 6.08. The summed E-state index contributed by atoms with van der Waals surface area (Å²) in [7, 11) is 1.84. The third-order valence-corrected chi connectivity index (χ3v) is 4.21. The van der Waals surface area contributed by atoms with Gasteiger partial charge in [0.15, 0.2) is 0 Å². The van der Waals surface area contributed by atoms with Crippen molar-refractivity contribution in [3.05, 3.63) is 76.9 Å². The average molecular weight is 319 g/mol. The highest BCUT2D eigenvalue weighted by molar-refractivity contribution is 5.93. The van der Waals surface area contributed by atoms with Crippen LogP contribution in [0.5, 0.6) is 0 Å². The Morgan fingerprint density at radius 1 is 1.00 bits per heavy atom. The number of hydrogen-bond acceptors (Lipinski definition) is 2. The summed E-state index contributed by atoms with van der Waals surface area (Å²) >= 11 is 0. The zero-order chi connectivity index (χ0) is 16.9. The number of carboxylic acids is 1. The lowest BCUT2D eigenvalue weighted by molar-refractivity contribution is -0.137. The molecule has 0 aromatic heterocycles. The first-order valence-electron chi connectivity index (χ1n) is 8.12. The number of rotatable bonds is 5. The summed E-state index contributed by atoms with van der Waals surface area (Å²) in [6.45, 7) is 0.783. The number of carboxylic acid groups (broad SMARTS) is 1. The van der Waals surface area contributed by atoms with Crippen LogP contribution < -0.4 is 0 Å². The van der Waals surface area contributed by atoms with Crippen molar-refractivity contribution in [1.29, 1.82) is 0 Å². The van der Waals surface area contributed by atoms with Gasteiger partial charge in [-0.2, -0.15) is 0 Å². The molecule has 1 aliphatic carbocycles. The predicted octanol–water partition coefficient (Wildman–Crippen LogP) is 4.01. The summed E-state index contributed by atoms with van der Waals surface area (Å²) in [6, 6.07) is 16.8. The van der Waals surface area contributed by atoms with Crippen LogP contribution in [0.4, 0.5) is 0 Å². The van der Waals surface area contributed by atoms with Gasteiger partial charge in [0.2, 0.25) is 0 Å². The SMILES string of the molecule is CN(CCC=C1c2ccccc2C=Cc2ccccc21)CC(=O)O. The van der Waals surface area contributed by atoms with Crippen LogP contribution in [-0.4, -0.2) is 36.1 Å². The Kier molecular flexibility index (Phi) is 4.92. The quantitative estimate of drug-likeness (QED) is 0.772. The van der Waals surface area contributed by atoms with Crippen molar-refractivity contribution >= 4 is 23.7 Å². The van der Waals surface area contributed by atoms with Crippen LogP contribution >= 0.6 is 0 Å². The van der Waals surface area contributed by atoms with E-state index >= 15 is 0 Å². The van der Waals surface area contributed by atoms with E-state index in [9.17, 15) is 4.79 Å². The van der Waals surface area contributed by atoms with E-state index in [1.54, 1.807) is 0 Å². The molecule has 0 saturated heterocycles. The van der Waals surface area contributed by atoms with Gasteiger partial charge in [-0.25, -0.2) is 0 Å². The topological polar surface area (TPSA) is 40.5 Å². The number of nitrogens with zero attached hydrogens (tertiary/aromatic N) is 1. The molecule has 0 fully saturated rings. The lowest BCUT2D eigenvalue weighted by Crippen LogP contribution is -2.26. The molecular formula is C21H21NO2. The first-order valence-corrected chi connectivity index (χ1v) is 8.12. The number of carbonyl (C=O) groups is 1. The minimum absolute atomic E-state index is 0.0674. The Balaban J connectivity index is 1.92. The van der Waals surface area contributed by atoms with Crippen molar-refractivity contribution in [1.82, 2.24) is 4.90 Å². The van der Waals surface area contributed by atoms with E-state index in [1.807, 2.05) is 11.9 Å². The van der Waals surface area contributed by atoms with Gasteiger partial charge in [-0.1, -0.05) is 66.8 Å². The fraction of sp³-hybridized carbons (Fsp3) is 0.190. The normalized spacial score (nSPS) is 12.5. The minimum atomic E-state index is -0.792. The lowest BCUT2D eigenvalue weighted by Gasteiger charge is -2.15. The van der Waals surface area contributed by atoms with E-state index in [1.165, 1.54) is 27.8 Å². The van der Waals surface area contributed by atoms with Crippen molar-refractivity contribution in [2.24, 2.45) is 0 Å². The van der Waals surface area contributed by atoms with Gasteiger partial charge >= 0.3 is 5.97 Å². The van der Waals surface area contributed by atoms with Crippen LogP contribution in [0.3, 0.4) is 0 Å². The van der Waals surface area contributed by atoms with Gasteiger partial charge in [0.25, 0.3) is 0 Å². The maximum absolute atomic E-state index is 10.8. The van der Waals surface area contributed by atoms with Crippen molar-refractivity contribution in [2.75, 3.05) is 20.1 Å². The Bertz CT molecular complexity index is 753. The van der Waals surface area contributed by atoms with E-state index in [4.69, 9.17) is 5.11 Å². The minimum Gasteiger partial charge on any atom is -0.480 e. The van der Waals surface area contributed by atoms with Crippen LogP contribution in [0.15, 0.2) is 54.6 Å². The molecule has 3 nitrogen and oxygen atoms in total. The Hall–Kier alpha value is -2.65. The second-order valence-corrected chi connectivity index (χ2v) is 6.05. The predicted molar refractivity (Wildman–Crippen MR) is 98.6 cm³/mol. The smallest absolute Gasteiger partial charge is 0.317 e. The van der Waals surface area contributed by atoms with Crippen LogP contribution in [-0.2, 0) is 4.79 Å². The molecule has 0 unspecified atom stereocenters. The number of aliphatic carboxylic acids is 1. The largest absolute Gasteiger partial charge is 0.480 e. The Morgan fingerprint density at radius 2 is 1.54 bits per heavy atom. The molecule has 1 N–H and O–H groups in total. The van der Waals surface area contributed by atoms with Gasteiger partial charge < -0.3 is 5.11 Å². The van der Waals surface area contributed by atoms with Crippen molar-refractivity contribution < 1.29 is 9.90 Å². The van der Waals surface area contributed by atoms with E-state index in [0.29, 0.717) is 6.54 Å². The van der Waals surface area contributed by atoms with Gasteiger partial charge in [-0.05, 0) is 41.3 Å². The molecule has 24 heavy (non-hydrogen) atoms. The summed E-state index contributed by atoms with van der Waals surface area (Å²) in [6.07, 6.45) is 7.35. The monoisotopic (exact) mass is 319 g/mol. The summed E-state index contributed by atoms with van der Waals surface area (Å²) in [5, 5.41) is 8.86. The first-order chi connectivity index (χ1) is 11.6. The average Bonchev–Trinajstić information content (AvgIpc) is 2.72. The molecule has 0 atom stereocenters. The molecule has 1 aliphatic rings. The fourth-order valence-corrected chi connectivity index (χ4v) is 3.06. The maximum Gasteiger partial charge on any atom is 0.317 e. The highest BCUT2D eigenvalue weighted by atomic mass is 16.4. The zero-order valence-corrected chi connectivity index (χ0v) is 13.8. The molecule has 122 valence electrons. The highest BCUT2D eigenvalue weighted by Gasteiger charge is 2.14. The molecule has 3 heteroatoms. The Labute approximate surface area is 142 Å².